The summed E-state index contributed by atoms with van der Waals surface area (Å²) in [6, 6.07) is 9.65. The minimum absolute atomic E-state index is 0.0323. The lowest BCUT2D eigenvalue weighted by Crippen LogP contribution is -2.11. The first kappa shape index (κ1) is 15.0. The van der Waals surface area contributed by atoms with E-state index < -0.39 is 5.97 Å². The van der Waals surface area contributed by atoms with E-state index in [2.05, 4.69) is 6.92 Å². The number of carbonyl (C=O) groups is 1. The average Bonchev–Trinajstić information content (AvgIpc) is 2.42. The second-order valence-corrected chi connectivity index (χ2v) is 4.76. The number of carbonyl (C=O) groups excluding carboxylic acids is 1. The van der Waals surface area contributed by atoms with E-state index >= 15 is 0 Å². The molecule has 19 heavy (non-hydrogen) atoms. The molecule has 0 atom stereocenters. The molecule has 0 unspecified atom stereocenters. The largest absolute Gasteiger partial charge is 0.461 e. The van der Waals surface area contributed by atoms with Crippen LogP contribution in [0.1, 0.15) is 31.9 Å². The highest BCUT2D eigenvalue weighted by Gasteiger charge is 2.11. The Labute approximate surface area is 114 Å². The van der Waals surface area contributed by atoms with Crippen LogP contribution in [0.25, 0.3) is 6.08 Å². The number of benzene rings is 1. The summed E-state index contributed by atoms with van der Waals surface area (Å²) in [5, 5.41) is 9.00. The Hall–Kier alpha value is -2.08. The maximum absolute atomic E-state index is 11.7. The maximum atomic E-state index is 11.7. The number of aryl methyl sites for hydroxylation is 1. The first-order chi connectivity index (χ1) is 9.06. The molecule has 0 aromatic heterocycles. The Kier molecular flexibility index (Phi) is 5.81. The third-order valence-electron chi connectivity index (χ3n) is 2.59. The first-order valence-corrected chi connectivity index (χ1v) is 6.44. The lowest BCUT2D eigenvalue weighted by molar-refractivity contribution is -0.139. The molecule has 0 fully saturated rings. The number of rotatable bonds is 5. The zero-order valence-corrected chi connectivity index (χ0v) is 11.6. The molecule has 1 aromatic rings. The van der Waals surface area contributed by atoms with Gasteiger partial charge in [0, 0.05) is 0 Å². The zero-order valence-electron chi connectivity index (χ0n) is 11.6. The topological polar surface area (TPSA) is 50.1 Å². The Morgan fingerprint density at radius 3 is 2.47 bits per heavy atom. The molecule has 3 nitrogen and oxygen atoms in total. The zero-order chi connectivity index (χ0) is 14.3. The van der Waals surface area contributed by atoms with Gasteiger partial charge in [-0.25, -0.2) is 4.79 Å². The molecule has 0 bridgehead atoms. The number of ether oxygens (including phenoxy) is 1. The number of hydrogen-bond acceptors (Lipinski definition) is 3. The van der Waals surface area contributed by atoms with E-state index in [4.69, 9.17) is 10.00 Å². The van der Waals surface area contributed by atoms with E-state index in [0.717, 1.165) is 12.0 Å². The molecule has 0 amide bonds. The van der Waals surface area contributed by atoms with E-state index in [1.807, 2.05) is 44.2 Å². The molecule has 3 heteroatoms. The second-order valence-electron chi connectivity index (χ2n) is 4.76. The van der Waals surface area contributed by atoms with Crippen molar-refractivity contribution in [2.24, 2.45) is 5.92 Å². The van der Waals surface area contributed by atoms with Crippen LogP contribution in [0.5, 0.6) is 0 Å². The highest BCUT2D eigenvalue weighted by atomic mass is 16.5. The standard InChI is InChI=1S/C16H19NO2/c1-4-13-5-7-14(8-6-13)9-15(10-17)16(18)19-11-12(2)3/h5-9,12H,4,11H2,1-3H3. The quantitative estimate of drug-likeness (QED) is 0.461. The Balaban J connectivity index is 2.80. The monoisotopic (exact) mass is 257 g/mol. The molecular formula is C16H19NO2. The molecule has 0 aliphatic carbocycles. The van der Waals surface area contributed by atoms with Crippen molar-refractivity contribution in [1.29, 1.82) is 5.26 Å². The van der Waals surface area contributed by atoms with Gasteiger partial charge in [0.15, 0.2) is 0 Å². The van der Waals surface area contributed by atoms with Crippen LogP contribution in [-0.2, 0) is 16.0 Å². The molecule has 0 saturated heterocycles. The summed E-state index contributed by atoms with van der Waals surface area (Å²) in [5.74, 6) is -0.302. The van der Waals surface area contributed by atoms with Gasteiger partial charge in [-0.1, -0.05) is 45.0 Å². The Morgan fingerprint density at radius 2 is 2.00 bits per heavy atom. The predicted octanol–water partition coefficient (Wildman–Crippen LogP) is 3.36. The summed E-state index contributed by atoms with van der Waals surface area (Å²) in [6.07, 6.45) is 2.52. The smallest absolute Gasteiger partial charge is 0.348 e. The molecule has 0 N–H and O–H groups in total. The van der Waals surface area contributed by atoms with Gasteiger partial charge in [0.1, 0.15) is 11.6 Å². The number of hydrogen-bond donors (Lipinski definition) is 0. The minimum atomic E-state index is -0.559. The fourth-order valence-electron chi connectivity index (χ4n) is 1.47. The fourth-order valence-corrected chi connectivity index (χ4v) is 1.47. The van der Waals surface area contributed by atoms with E-state index in [1.165, 1.54) is 5.56 Å². The van der Waals surface area contributed by atoms with Crippen LogP contribution in [-0.4, -0.2) is 12.6 Å². The van der Waals surface area contributed by atoms with Crippen molar-refractivity contribution >= 4 is 12.0 Å². The van der Waals surface area contributed by atoms with Crippen LogP contribution in [0.3, 0.4) is 0 Å². The van der Waals surface area contributed by atoms with Gasteiger partial charge in [0.05, 0.1) is 6.61 Å². The van der Waals surface area contributed by atoms with Crippen LogP contribution in [0.2, 0.25) is 0 Å². The molecule has 0 saturated carbocycles. The number of nitriles is 1. The van der Waals surface area contributed by atoms with E-state index in [1.54, 1.807) is 6.08 Å². The van der Waals surface area contributed by atoms with E-state index in [9.17, 15) is 4.79 Å². The highest BCUT2D eigenvalue weighted by Crippen LogP contribution is 2.11. The summed E-state index contributed by atoms with van der Waals surface area (Å²) in [4.78, 5) is 11.7. The number of nitrogens with zero attached hydrogens (tertiary/aromatic N) is 1. The van der Waals surface area contributed by atoms with Gasteiger partial charge in [-0.05, 0) is 29.5 Å². The van der Waals surface area contributed by atoms with Crippen LogP contribution < -0.4 is 0 Å². The molecule has 0 spiro atoms. The molecule has 0 aliphatic heterocycles. The molecule has 0 heterocycles. The highest BCUT2D eigenvalue weighted by molar-refractivity contribution is 5.97. The van der Waals surface area contributed by atoms with Gasteiger partial charge in [-0.15, -0.1) is 0 Å². The molecule has 0 radical (unpaired) electrons. The van der Waals surface area contributed by atoms with Crippen molar-refractivity contribution in [2.45, 2.75) is 27.2 Å². The Bertz CT molecular complexity index is 492. The normalized spacial score (nSPS) is 11.2. The van der Waals surface area contributed by atoms with Crippen molar-refractivity contribution in [1.82, 2.24) is 0 Å². The van der Waals surface area contributed by atoms with Crippen molar-refractivity contribution in [2.75, 3.05) is 6.61 Å². The van der Waals surface area contributed by atoms with Gasteiger partial charge in [0.25, 0.3) is 0 Å². The summed E-state index contributed by atoms with van der Waals surface area (Å²) in [5.41, 5.74) is 2.08. The van der Waals surface area contributed by atoms with Crippen molar-refractivity contribution in [3.05, 3.63) is 41.0 Å². The lowest BCUT2D eigenvalue weighted by Gasteiger charge is -2.06. The van der Waals surface area contributed by atoms with Gasteiger partial charge >= 0.3 is 5.97 Å². The van der Waals surface area contributed by atoms with Crippen molar-refractivity contribution in [3.63, 3.8) is 0 Å². The van der Waals surface area contributed by atoms with Gasteiger partial charge in [-0.3, -0.25) is 0 Å². The van der Waals surface area contributed by atoms with Crippen LogP contribution in [0.4, 0.5) is 0 Å². The summed E-state index contributed by atoms with van der Waals surface area (Å²) >= 11 is 0. The predicted molar refractivity (Wildman–Crippen MR) is 75.2 cm³/mol. The molecule has 0 aliphatic rings. The van der Waals surface area contributed by atoms with Crippen LogP contribution in [0, 0.1) is 17.2 Å². The van der Waals surface area contributed by atoms with E-state index in [-0.39, 0.29) is 11.5 Å². The first-order valence-electron chi connectivity index (χ1n) is 6.44. The van der Waals surface area contributed by atoms with Crippen LogP contribution in [0.15, 0.2) is 29.8 Å². The van der Waals surface area contributed by atoms with Gasteiger partial charge in [-0.2, -0.15) is 5.26 Å². The SMILES string of the molecule is CCc1ccc(C=C(C#N)C(=O)OCC(C)C)cc1. The van der Waals surface area contributed by atoms with E-state index in [0.29, 0.717) is 6.61 Å². The number of esters is 1. The molecule has 100 valence electrons. The summed E-state index contributed by atoms with van der Waals surface area (Å²) in [6.45, 7) is 6.31. The van der Waals surface area contributed by atoms with Crippen molar-refractivity contribution in [3.8, 4) is 6.07 Å². The second kappa shape index (κ2) is 7.38. The minimum Gasteiger partial charge on any atom is -0.461 e. The Morgan fingerprint density at radius 1 is 1.37 bits per heavy atom. The molecule has 1 rings (SSSR count). The third kappa shape index (κ3) is 4.97. The van der Waals surface area contributed by atoms with Crippen molar-refractivity contribution < 1.29 is 9.53 Å². The van der Waals surface area contributed by atoms with Gasteiger partial charge in [0.2, 0.25) is 0 Å². The molecule has 1 aromatic carbocycles. The van der Waals surface area contributed by atoms with Crippen LogP contribution >= 0.6 is 0 Å². The molecular weight excluding hydrogens is 238 g/mol. The average molecular weight is 257 g/mol. The lowest BCUT2D eigenvalue weighted by atomic mass is 10.1. The fraction of sp³-hybridized carbons (Fsp3) is 0.375. The summed E-state index contributed by atoms with van der Waals surface area (Å²) in [7, 11) is 0. The maximum Gasteiger partial charge on any atom is 0.348 e. The van der Waals surface area contributed by atoms with Gasteiger partial charge < -0.3 is 4.74 Å². The third-order valence-corrected chi connectivity index (χ3v) is 2.59. The summed E-state index contributed by atoms with van der Waals surface area (Å²) < 4.78 is 5.04.